The van der Waals surface area contributed by atoms with E-state index in [9.17, 15) is 0 Å². The summed E-state index contributed by atoms with van der Waals surface area (Å²) in [4.78, 5) is 2.52. The van der Waals surface area contributed by atoms with Gasteiger partial charge in [0.2, 0.25) is 0 Å². The van der Waals surface area contributed by atoms with Gasteiger partial charge in [-0.1, -0.05) is 18.9 Å². The van der Waals surface area contributed by atoms with Gasteiger partial charge in [0.1, 0.15) is 5.75 Å². The minimum Gasteiger partial charge on any atom is -0.497 e. The van der Waals surface area contributed by atoms with Crippen molar-refractivity contribution in [3.63, 3.8) is 0 Å². The van der Waals surface area contributed by atoms with Gasteiger partial charge in [-0.2, -0.15) is 0 Å². The molecular formula is C18H28N2O. The van der Waals surface area contributed by atoms with Gasteiger partial charge in [-0.05, 0) is 61.9 Å². The van der Waals surface area contributed by atoms with E-state index in [0.717, 1.165) is 18.1 Å². The van der Waals surface area contributed by atoms with Crippen molar-refractivity contribution >= 4 is 0 Å². The fraction of sp³-hybridized carbons (Fsp3) is 0.667. The summed E-state index contributed by atoms with van der Waals surface area (Å²) >= 11 is 0. The number of likely N-dealkylation sites (N-methyl/N-ethyl adjacent to an activating group) is 1. The minimum absolute atomic E-state index is 0.107. The SMILES string of the molecule is COc1ccc2c(c1)C(N)C(N(C)CC1CCCC1)CC2. The molecule has 3 rings (SSSR count). The lowest BCUT2D eigenvalue weighted by molar-refractivity contribution is 0.166. The van der Waals surface area contributed by atoms with Crippen LogP contribution >= 0.6 is 0 Å². The van der Waals surface area contributed by atoms with E-state index in [0.29, 0.717) is 6.04 Å². The Morgan fingerprint density at radius 1 is 1.24 bits per heavy atom. The normalized spacial score (nSPS) is 26.1. The van der Waals surface area contributed by atoms with Crippen LogP contribution in [0.15, 0.2) is 18.2 Å². The molecule has 0 aromatic heterocycles. The van der Waals surface area contributed by atoms with Crippen LogP contribution in [0.4, 0.5) is 0 Å². The van der Waals surface area contributed by atoms with E-state index in [2.05, 4.69) is 24.1 Å². The molecule has 0 radical (unpaired) electrons. The van der Waals surface area contributed by atoms with Crippen molar-refractivity contribution in [3.8, 4) is 5.75 Å². The van der Waals surface area contributed by atoms with Gasteiger partial charge in [0.05, 0.1) is 7.11 Å². The lowest BCUT2D eigenvalue weighted by Gasteiger charge is -2.38. The first kappa shape index (κ1) is 14.9. The number of aryl methyl sites for hydroxylation is 1. The first-order valence-corrected chi connectivity index (χ1v) is 8.31. The highest BCUT2D eigenvalue weighted by Crippen LogP contribution is 2.34. The number of rotatable bonds is 4. The van der Waals surface area contributed by atoms with Crippen molar-refractivity contribution in [2.24, 2.45) is 11.7 Å². The molecule has 2 atom stereocenters. The Hall–Kier alpha value is -1.06. The summed E-state index contributed by atoms with van der Waals surface area (Å²) in [5, 5.41) is 0. The third-order valence-corrected chi connectivity index (χ3v) is 5.42. The van der Waals surface area contributed by atoms with Crippen LogP contribution in [-0.4, -0.2) is 31.6 Å². The molecule has 2 aliphatic rings. The Bertz CT molecular complexity index is 482. The molecule has 2 aliphatic carbocycles. The maximum Gasteiger partial charge on any atom is 0.119 e. The van der Waals surface area contributed by atoms with Gasteiger partial charge in [0.25, 0.3) is 0 Å². The number of nitrogens with two attached hydrogens (primary N) is 1. The second-order valence-corrected chi connectivity index (χ2v) is 6.79. The van der Waals surface area contributed by atoms with Crippen molar-refractivity contribution < 1.29 is 4.74 Å². The molecule has 0 spiro atoms. The van der Waals surface area contributed by atoms with Crippen LogP contribution in [0.1, 0.15) is 49.3 Å². The second kappa shape index (κ2) is 6.37. The summed E-state index contributed by atoms with van der Waals surface area (Å²) in [6.45, 7) is 1.21. The Labute approximate surface area is 128 Å². The van der Waals surface area contributed by atoms with Crippen LogP contribution in [0.25, 0.3) is 0 Å². The molecule has 1 fully saturated rings. The molecule has 2 N–H and O–H groups in total. The van der Waals surface area contributed by atoms with Crippen LogP contribution in [-0.2, 0) is 6.42 Å². The minimum atomic E-state index is 0.107. The molecule has 2 unspecified atom stereocenters. The largest absolute Gasteiger partial charge is 0.497 e. The Morgan fingerprint density at radius 3 is 2.71 bits per heavy atom. The van der Waals surface area contributed by atoms with Crippen LogP contribution in [0.2, 0.25) is 0 Å². The van der Waals surface area contributed by atoms with Crippen molar-refractivity contribution in [2.45, 2.75) is 50.6 Å². The molecule has 0 saturated heterocycles. The zero-order valence-corrected chi connectivity index (χ0v) is 13.3. The summed E-state index contributed by atoms with van der Waals surface area (Å²) in [7, 11) is 3.98. The van der Waals surface area contributed by atoms with E-state index in [1.54, 1.807) is 7.11 Å². The Balaban J connectivity index is 1.72. The first-order valence-electron chi connectivity index (χ1n) is 8.31. The molecule has 1 aromatic carbocycles. The van der Waals surface area contributed by atoms with Gasteiger partial charge in [-0.25, -0.2) is 0 Å². The molecule has 1 saturated carbocycles. The highest BCUT2D eigenvalue weighted by molar-refractivity contribution is 5.40. The van der Waals surface area contributed by atoms with E-state index in [1.807, 2.05) is 6.07 Å². The average Bonchev–Trinajstić information content (AvgIpc) is 3.00. The summed E-state index contributed by atoms with van der Waals surface area (Å²) in [5.41, 5.74) is 9.27. The molecule has 0 bridgehead atoms. The predicted molar refractivity (Wildman–Crippen MR) is 86.6 cm³/mol. The maximum absolute atomic E-state index is 6.59. The van der Waals surface area contributed by atoms with Crippen LogP contribution in [0.5, 0.6) is 5.75 Å². The van der Waals surface area contributed by atoms with E-state index in [-0.39, 0.29) is 6.04 Å². The van der Waals surface area contributed by atoms with Gasteiger partial charge < -0.3 is 15.4 Å². The molecule has 21 heavy (non-hydrogen) atoms. The Kier molecular flexibility index (Phi) is 4.51. The number of ether oxygens (including phenoxy) is 1. The summed E-state index contributed by atoms with van der Waals surface area (Å²) in [5.74, 6) is 1.80. The van der Waals surface area contributed by atoms with Crippen molar-refractivity contribution in [3.05, 3.63) is 29.3 Å². The maximum atomic E-state index is 6.59. The standard InChI is InChI=1S/C18H28N2O/c1-20(12-13-5-3-4-6-13)17-10-8-14-7-9-15(21-2)11-16(14)18(17)19/h7,9,11,13,17-18H,3-6,8,10,12,19H2,1-2H3. The molecule has 116 valence electrons. The number of benzene rings is 1. The number of methoxy groups -OCH3 is 1. The average molecular weight is 288 g/mol. The third kappa shape index (κ3) is 3.09. The number of hydrogen-bond acceptors (Lipinski definition) is 3. The summed E-state index contributed by atoms with van der Waals surface area (Å²) in [6, 6.07) is 6.94. The fourth-order valence-corrected chi connectivity index (χ4v) is 4.16. The Morgan fingerprint density at radius 2 is 2.00 bits per heavy atom. The van der Waals surface area contributed by atoms with E-state index < -0.39 is 0 Å². The monoisotopic (exact) mass is 288 g/mol. The molecule has 0 heterocycles. The van der Waals surface area contributed by atoms with Crippen molar-refractivity contribution in [2.75, 3.05) is 20.7 Å². The van der Waals surface area contributed by atoms with Crippen LogP contribution in [0.3, 0.4) is 0 Å². The lowest BCUT2D eigenvalue weighted by Crippen LogP contribution is -2.45. The van der Waals surface area contributed by atoms with Gasteiger partial charge >= 0.3 is 0 Å². The van der Waals surface area contributed by atoms with Crippen molar-refractivity contribution in [1.82, 2.24) is 4.90 Å². The van der Waals surface area contributed by atoms with Gasteiger partial charge in [-0.15, -0.1) is 0 Å². The zero-order valence-electron chi connectivity index (χ0n) is 13.3. The van der Waals surface area contributed by atoms with Crippen molar-refractivity contribution in [1.29, 1.82) is 0 Å². The zero-order chi connectivity index (χ0) is 14.8. The molecule has 0 amide bonds. The van der Waals surface area contributed by atoms with Crippen LogP contribution < -0.4 is 10.5 Å². The quantitative estimate of drug-likeness (QED) is 0.925. The van der Waals surface area contributed by atoms with E-state index >= 15 is 0 Å². The first-order chi connectivity index (χ1) is 10.2. The number of hydrogen-bond donors (Lipinski definition) is 1. The number of nitrogens with zero attached hydrogens (tertiary/aromatic N) is 1. The third-order valence-electron chi connectivity index (χ3n) is 5.42. The molecule has 3 nitrogen and oxygen atoms in total. The van der Waals surface area contributed by atoms with Crippen LogP contribution in [0, 0.1) is 5.92 Å². The highest BCUT2D eigenvalue weighted by atomic mass is 16.5. The fourth-order valence-electron chi connectivity index (χ4n) is 4.16. The van der Waals surface area contributed by atoms with Gasteiger partial charge in [0, 0.05) is 18.6 Å². The van der Waals surface area contributed by atoms with E-state index in [1.165, 1.54) is 49.8 Å². The summed E-state index contributed by atoms with van der Waals surface area (Å²) < 4.78 is 5.36. The molecule has 0 aliphatic heterocycles. The topological polar surface area (TPSA) is 38.5 Å². The lowest BCUT2D eigenvalue weighted by atomic mass is 9.83. The molecule has 3 heteroatoms. The van der Waals surface area contributed by atoms with E-state index in [4.69, 9.17) is 10.5 Å². The number of fused-ring (bicyclic) bond motifs is 1. The second-order valence-electron chi connectivity index (χ2n) is 6.79. The summed E-state index contributed by atoms with van der Waals surface area (Å²) in [6.07, 6.45) is 7.92. The highest BCUT2D eigenvalue weighted by Gasteiger charge is 2.31. The predicted octanol–water partition coefficient (Wildman–Crippen LogP) is 3.13. The van der Waals surface area contributed by atoms with Gasteiger partial charge in [-0.3, -0.25) is 0 Å². The van der Waals surface area contributed by atoms with Gasteiger partial charge in [0.15, 0.2) is 0 Å². The molecule has 1 aromatic rings. The smallest absolute Gasteiger partial charge is 0.119 e. The molecular weight excluding hydrogens is 260 g/mol.